The number of benzene rings is 2. The van der Waals surface area contributed by atoms with Gasteiger partial charge in [0.05, 0.1) is 28.3 Å². The molecule has 2 aromatic carbocycles. The fourth-order valence-electron chi connectivity index (χ4n) is 2.97. The van der Waals surface area contributed by atoms with E-state index in [1.54, 1.807) is 17.5 Å². The lowest BCUT2D eigenvalue weighted by Crippen LogP contribution is -2.42. The van der Waals surface area contributed by atoms with Gasteiger partial charge in [0, 0.05) is 5.69 Å². The van der Waals surface area contributed by atoms with E-state index in [1.807, 2.05) is 60.0 Å². The van der Waals surface area contributed by atoms with Crippen LogP contribution >= 0.6 is 23.1 Å². The standard InChI is InChI=1S/C22H20N4O3S2/c1-2-29-16-11-9-15(10-12-16)26-18-7-4-3-6-17(18)23-22(26)31-14-20(27)24-25-21(28)19-8-5-13-30-19/h3-13H,2,14H2,1H3,(H,24,27)(H,25,28). The van der Waals surface area contributed by atoms with E-state index in [2.05, 4.69) is 15.8 Å². The molecule has 2 aromatic heterocycles. The number of ether oxygens (including phenoxy) is 1. The second-order valence-corrected chi connectivity index (χ2v) is 8.30. The summed E-state index contributed by atoms with van der Waals surface area (Å²) >= 11 is 2.61. The van der Waals surface area contributed by atoms with Gasteiger partial charge in [-0.2, -0.15) is 0 Å². The van der Waals surface area contributed by atoms with E-state index in [9.17, 15) is 9.59 Å². The number of thioether (sulfide) groups is 1. The summed E-state index contributed by atoms with van der Waals surface area (Å²) < 4.78 is 7.54. The molecule has 0 atom stereocenters. The lowest BCUT2D eigenvalue weighted by molar-refractivity contribution is -0.119. The molecule has 0 saturated heterocycles. The molecule has 0 saturated carbocycles. The first-order chi connectivity index (χ1) is 15.2. The lowest BCUT2D eigenvalue weighted by atomic mass is 10.2. The number of thiophene rings is 1. The lowest BCUT2D eigenvalue weighted by Gasteiger charge is -2.10. The van der Waals surface area contributed by atoms with Crippen molar-refractivity contribution in [2.24, 2.45) is 0 Å². The van der Waals surface area contributed by atoms with E-state index < -0.39 is 0 Å². The quantitative estimate of drug-likeness (QED) is 0.327. The monoisotopic (exact) mass is 452 g/mol. The van der Waals surface area contributed by atoms with Crippen LogP contribution in [0.1, 0.15) is 16.6 Å². The number of rotatable bonds is 7. The van der Waals surface area contributed by atoms with Crippen molar-refractivity contribution in [2.45, 2.75) is 12.1 Å². The van der Waals surface area contributed by atoms with Gasteiger partial charge in [-0.1, -0.05) is 30.0 Å². The number of hydrogen-bond acceptors (Lipinski definition) is 6. The number of hydrogen-bond donors (Lipinski definition) is 2. The highest BCUT2D eigenvalue weighted by Gasteiger charge is 2.15. The van der Waals surface area contributed by atoms with E-state index in [4.69, 9.17) is 4.74 Å². The summed E-state index contributed by atoms with van der Waals surface area (Å²) in [6.07, 6.45) is 0. The Bertz CT molecular complexity index is 1190. The molecule has 0 unspecified atom stereocenters. The molecule has 2 amide bonds. The van der Waals surface area contributed by atoms with E-state index in [0.717, 1.165) is 22.5 Å². The normalized spacial score (nSPS) is 10.7. The summed E-state index contributed by atoms with van der Waals surface area (Å²) in [6.45, 7) is 2.55. The van der Waals surface area contributed by atoms with Gasteiger partial charge in [-0.3, -0.25) is 25.0 Å². The highest BCUT2D eigenvalue weighted by molar-refractivity contribution is 7.99. The van der Waals surface area contributed by atoms with Crippen molar-refractivity contribution in [3.05, 3.63) is 70.9 Å². The summed E-state index contributed by atoms with van der Waals surface area (Å²) in [5, 5.41) is 2.49. The third-order valence-corrected chi connectivity index (χ3v) is 6.14. The molecule has 0 radical (unpaired) electrons. The van der Waals surface area contributed by atoms with Crippen LogP contribution in [0.4, 0.5) is 0 Å². The van der Waals surface area contributed by atoms with Crippen LogP contribution in [0.3, 0.4) is 0 Å². The molecule has 9 heteroatoms. The molecule has 0 aliphatic carbocycles. The molecule has 0 aliphatic heterocycles. The predicted octanol–water partition coefficient (Wildman–Crippen LogP) is 4.04. The van der Waals surface area contributed by atoms with Gasteiger partial charge >= 0.3 is 0 Å². The van der Waals surface area contributed by atoms with E-state index in [-0.39, 0.29) is 17.6 Å². The largest absolute Gasteiger partial charge is 0.494 e. The van der Waals surface area contributed by atoms with Gasteiger partial charge in [0.15, 0.2) is 5.16 Å². The number of fused-ring (bicyclic) bond motifs is 1. The number of nitrogens with one attached hydrogen (secondary N) is 2. The first-order valence-electron chi connectivity index (χ1n) is 9.62. The highest BCUT2D eigenvalue weighted by Crippen LogP contribution is 2.28. The average Bonchev–Trinajstić information content (AvgIpc) is 3.45. The number of amides is 2. The third-order valence-electron chi connectivity index (χ3n) is 4.33. The Morgan fingerprint density at radius 2 is 1.87 bits per heavy atom. The molecule has 4 rings (SSSR count). The predicted molar refractivity (Wildman–Crippen MR) is 123 cm³/mol. The van der Waals surface area contributed by atoms with Crippen LogP contribution in [0.2, 0.25) is 0 Å². The van der Waals surface area contributed by atoms with E-state index in [0.29, 0.717) is 16.6 Å². The minimum Gasteiger partial charge on any atom is -0.494 e. The number of nitrogens with zero attached hydrogens (tertiary/aromatic N) is 2. The Hall–Kier alpha value is -3.30. The van der Waals surface area contributed by atoms with Crippen molar-refractivity contribution in [3.8, 4) is 11.4 Å². The highest BCUT2D eigenvalue weighted by atomic mass is 32.2. The van der Waals surface area contributed by atoms with Gasteiger partial charge in [-0.25, -0.2) is 4.98 Å². The number of para-hydroxylation sites is 2. The average molecular weight is 453 g/mol. The number of carbonyl (C=O) groups excluding carboxylic acids is 2. The molecular formula is C22H20N4O3S2. The minimum absolute atomic E-state index is 0.102. The maximum atomic E-state index is 12.3. The smallest absolute Gasteiger partial charge is 0.279 e. The maximum absolute atomic E-state index is 12.3. The molecule has 158 valence electrons. The van der Waals surface area contributed by atoms with Crippen LogP contribution in [-0.4, -0.2) is 33.7 Å². The second kappa shape index (κ2) is 9.67. The summed E-state index contributed by atoms with van der Waals surface area (Å²) in [7, 11) is 0. The summed E-state index contributed by atoms with van der Waals surface area (Å²) in [6, 6.07) is 19.0. The Balaban J connectivity index is 1.49. The van der Waals surface area contributed by atoms with Crippen molar-refractivity contribution in [1.82, 2.24) is 20.4 Å². The van der Waals surface area contributed by atoms with Gasteiger partial charge in [0.2, 0.25) is 5.91 Å². The molecule has 0 fully saturated rings. The molecule has 4 aromatic rings. The molecule has 0 spiro atoms. The molecule has 0 aliphatic rings. The summed E-state index contributed by atoms with van der Waals surface area (Å²) in [5.41, 5.74) is 7.58. The molecular weight excluding hydrogens is 432 g/mol. The molecule has 2 N–H and O–H groups in total. The van der Waals surface area contributed by atoms with Crippen molar-refractivity contribution in [2.75, 3.05) is 12.4 Å². The molecule has 0 bridgehead atoms. The van der Waals surface area contributed by atoms with Crippen LogP contribution < -0.4 is 15.6 Å². The Labute approximate surface area is 187 Å². The zero-order chi connectivity index (χ0) is 21.6. The number of hydrazine groups is 1. The first kappa shape index (κ1) is 21.0. The zero-order valence-corrected chi connectivity index (χ0v) is 18.3. The molecule has 7 nitrogen and oxygen atoms in total. The second-order valence-electron chi connectivity index (χ2n) is 6.41. The van der Waals surface area contributed by atoms with Crippen molar-refractivity contribution in [3.63, 3.8) is 0 Å². The zero-order valence-electron chi connectivity index (χ0n) is 16.7. The Morgan fingerprint density at radius 1 is 1.06 bits per heavy atom. The fraction of sp³-hybridized carbons (Fsp3) is 0.136. The molecule has 31 heavy (non-hydrogen) atoms. The third kappa shape index (κ3) is 4.89. The van der Waals surface area contributed by atoms with Gasteiger partial charge in [-0.15, -0.1) is 11.3 Å². The van der Waals surface area contributed by atoms with Gasteiger partial charge in [-0.05, 0) is 54.8 Å². The van der Waals surface area contributed by atoms with Crippen molar-refractivity contribution >= 4 is 45.9 Å². The minimum atomic E-state index is -0.338. The number of aromatic nitrogens is 2. The first-order valence-corrected chi connectivity index (χ1v) is 11.5. The van der Waals surface area contributed by atoms with Gasteiger partial charge in [0.25, 0.3) is 5.91 Å². The van der Waals surface area contributed by atoms with Crippen LogP contribution in [-0.2, 0) is 4.79 Å². The maximum Gasteiger partial charge on any atom is 0.279 e. The van der Waals surface area contributed by atoms with Crippen molar-refractivity contribution in [1.29, 1.82) is 0 Å². The number of imidazole rings is 1. The van der Waals surface area contributed by atoms with E-state index >= 15 is 0 Å². The van der Waals surface area contributed by atoms with Gasteiger partial charge in [0.1, 0.15) is 5.75 Å². The summed E-state index contributed by atoms with van der Waals surface area (Å²) in [4.78, 5) is 29.5. The summed E-state index contributed by atoms with van der Waals surface area (Å²) in [5.74, 6) is 0.242. The number of carbonyl (C=O) groups is 2. The Morgan fingerprint density at radius 3 is 2.61 bits per heavy atom. The fourth-order valence-corrected chi connectivity index (χ4v) is 4.42. The van der Waals surface area contributed by atoms with Crippen LogP contribution in [0, 0.1) is 0 Å². The van der Waals surface area contributed by atoms with E-state index in [1.165, 1.54) is 23.1 Å². The van der Waals surface area contributed by atoms with Crippen LogP contribution in [0.5, 0.6) is 5.75 Å². The van der Waals surface area contributed by atoms with Crippen LogP contribution in [0.15, 0.2) is 71.2 Å². The van der Waals surface area contributed by atoms with Gasteiger partial charge < -0.3 is 4.74 Å². The SMILES string of the molecule is CCOc1ccc(-n2c(SCC(=O)NNC(=O)c3cccs3)nc3ccccc32)cc1. The van der Waals surface area contributed by atoms with Crippen molar-refractivity contribution < 1.29 is 14.3 Å². The molecule has 2 heterocycles. The topological polar surface area (TPSA) is 85.2 Å². The Kier molecular flexibility index (Phi) is 6.54. The van der Waals surface area contributed by atoms with Crippen LogP contribution in [0.25, 0.3) is 16.7 Å².